The van der Waals surface area contributed by atoms with Gasteiger partial charge in [0.1, 0.15) is 5.82 Å². The van der Waals surface area contributed by atoms with E-state index >= 15 is 0 Å². The fourth-order valence-electron chi connectivity index (χ4n) is 2.00. The molecule has 0 aliphatic heterocycles. The molecule has 0 radical (unpaired) electrons. The van der Waals surface area contributed by atoms with Gasteiger partial charge in [-0.1, -0.05) is 42.5 Å². The van der Waals surface area contributed by atoms with Gasteiger partial charge in [-0.15, -0.1) is 0 Å². The van der Waals surface area contributed by atoms with Crippen LogP contribution < -0.4 is 5.32 Å². The summed E-state index contributed by atoms with van der Waals surface area (Å²) in [5.41, 5.74) is 1.65. The molecule has 0 saturated carbocycles. The fourth-order valence-corrected chi connectivity index (χ4v) is 2.00. The largest absolute Gasteiger partial charge is 0.388 e. The molecule has 2 N–H and O–H groups in total. The van der Waals surface area contributed by atoms with Gasteiger partial charge in [0, 0.05) is 13.0 Å². The van der Waals surface area contributed by atoms with Crippen LogP contribution in [-0.4, -0.2) is 11.0 Å². The first-order chi connectivity index (χ1) is 10.1. The number of carbonyl (C=O) groups excluding carboxylic acids is 1. The van der Waals surface area contributed by atoms with E-state index in [1.54, 1.807) is 0 Å². The lowest BCUT2D eigenvalue weighted by Crippen LogP contribution is -2.22. The van der Waals surface area contributed by atoms with Crippen LogP contribution in [0.3, 0.4) is 0 Å². The molecule has 110 valence electrons. The van der Waals surface area contributed by atoms with Gasteiger partial charge in [0.2, 0.25) is 5.91 Å². The lowest BCUT2D eigenvalue weighted by atomic mass is 10.0. The molecule has 2 rings (SSSR count). The van der Waals surface area contributed by atoms with Crippen LogP contribution in [0.2, 0.25) is 0 Å². The van der Waals surface area contributed by atoms with Gasteiger partial charge >= 0.3 is 0 Å². The molecule has 1 atom stereocenters. The number of halogens is 1. The molecule has 21 heavy (non-hydrogen) atoms. The number of hydrogen-bond acceptors (Lipinski definition) is 2. The average molecular weight is 287 g/mol. The molecule has 3 nitrogen and oxygen atoms in total. The minimum atomic E-state index is -0.756. The van der Waals surface area contributed by atoms with Crippen molar-refractivity contribution < 1.29 is 14.3 Å². The van der Waals surface area contributed by atoms with E-state index in [4.69, 9.17) is 0 Å². The van der Waals surface area contributed by atoms with Crippen molar-refractivity contribution in [3.05, 3.63) is 71.5 Å². The van der Waals surface area contributed by atoms with Crippen LogP contribution in [0, 0.1) is 5.82 Å². The summed E-state index contributed by atoms with van der Waals surface area (Å²) >= 11 is 0. The lowest BCUT2D eigenvalue weighted by Gasteiger charge is -2.11. The highest BCUT2D eigenvalue weighted by atomic mass is 19.1. The summed E-state index contributed by atoms with van der Waals surface area (Å²) in [6, 6.07) is 15.3. The van der Waals surface area contributed by atoms with Crippen LogP contribution in [0.4, 0.5) is 4.39 Å². The van der Waals surface area contributed by atoms with Crippen molar-refractivity contribution in [2.75, 3.05) is 0 Å². The molecule has 0 spiro atoms. The number of rotatable bonds is 6. The van der Waals surface area contributed by atoms with Crippen LogP contribution in [0.1, 0.15) is 30.1 Å². The minimum absolute atomic E-state index is 0.111. The van der Waals surface area contributed by atoms with Crippen LogP contribution in [0.5, 0.6) is 0 Å². The van der Waals surface area contributed by atoms with Crippen LogP contribution in [0.25, 0.3) is 0 Å². The Labute approximate surface area is 123 Å². The van der Waals surface area contributed by atoms with Crippen molar-refractivity contribution in [2.24, 2.45) is 0 Å². The van der Waals surface area contributed by atoms with Crippen LogP contribution >= 0.6 is 0 Å². The molecule has 0 bridgehead atoms. The molecule has 2 aromatic rings. The number of nitrogens with one attached hydrogen (secondary N) is 1. The van der Waals surface area contributed by atoms with E-state index in [1.165, 1.54) is 24.3 Å². The monoisotopic (exact) mass is 287 g/mol. The zero-order chi connectivity index (χ0) is 15.1. The van der Waals surface area contributed by atoms with E-state index in [9.17, 15) is 14.3 Å². The Balaban J connectivity index is 1.74. The van der Waals surface area contributed by atoms with Crippen molar-refractivity contribution in [3.63, 3.8) is 0 Å². The summed E-state index contributed by atoms with van der Waals surface area (Å²) in [7, 11) is 0. The maximum Gasteiger partial charge on any atom is 0.220 e. The smallest absolute Gasteiger partial charge is 0.220 e. The zero-order valence-electron chi connectivity index (χ0n) is 11.6. The first-order valence-corrected chi connectivity index (χ1v) is 6.89. The predicted molar refractivity (Wildman–Crippen MR) is 78.9 cm³/mol. The summed E-state index contributed by atoms with van der Waals surface area (Å²) in [5, 5.41) is 12.7. The SMILES string of the molecule is O=C(CC[C@H](O)c1ccc(F)cc1)NCc1ccccc1. The molecule has 2 aromatic carbocycles. The van der Waals surface area contributed by atoms with Crippen molar-refractivity contribution in [2.45, 2.75) is 25.5 Å². The van der Waals surface area contributed by atoms with Crippen LogP contribution in [-0.2, 0) is 11.3 Å². The molecule has 0 saturated heterocycles. The van der Waals surface area contributed by atoms with Crippen molar-refractivity contribution >= 4 is 5.91 Å². The lowest BCUT2D eigenvalue weighted by molar-refractivity contribution is -0.121. The summed E-state index contributed by atoms with van der Waals surface area (Å²) in [4.78, 5) is 11.7. The highest BCUT2D eigenvalue weighted by Crippen LogP contribution is 2.18. The number of aliphatic hydroxyl groups excluding tert-OH is 1. The van der Waals surface area contributed by atoms with Gasteiger partial charge in [-0.3, -0.25) is 4.79 Å². The van der Waals surface area contributed by atoms with E-state index in [0.717, 1.165) is 5.56 Å². The summed E-state index contributed by atoms with van der Waals surface area (Å²) in [6.07, 6.45) is -0.217. The molecule has 1 amide bonds. The first kappa shape index (κ1) is 15.2. The molecular weight excluding hydrogens is 269 g/mol. The van der Waals surface area contributed by atoms with E-state index in [1.807, 2.05) is 30.3 Å². The highest BCUT2D eigenvalue weighted by Gasteiger charge is 2.10. The van der Waals surface area contributed by atoms with Gasteiger partial charge in [-0.05, 0) is 29.7 Å². The Morgan fingerprint density at radius 1 is 1.10 bits per heavy atom. The van der Waals surface area contributed by atoms with Crippen molar-refractivity contribution in [1.29, 1.82) is 0 Å². The quantitative estimate of drug-likeness (QED) is 0.858. The maximum atomic E-state index is 12.8. The van der Waals surface area contributed by atoms with Gasteiger partial charge in [0.25, 0.3) is 0 Å². The maximum absolute atomic E-state index is 12.8. The first-order valence-electron chi connectivity index (χ1n) is 6.89. The second kappa shape index (κ2) is 7.55. The van der Waals surface area contributed by atoms with Gasteiger partial charge < -0.3 is 10.4 Å². The number of hydrogen-bond donors (Lipinski definition) is 2. The average Bonchev–Trinajstić information content (AvgIpc) is 2.52. The molecular formula is C17H18FNO2. The Kier molecular flexibility index (Phi) is 5.46. The van der Waals surface area contributed by atoms with E-state index < -0.39 is 6.10 Å². The van der Waals surface area contributed by atoms with Gasteiger partial charge in [0.15, 0.2) is 0 Å². The predicted octanol–water partition coefficient (Wildman–Crippen LogP) is 2.96. The molecule has 0 aliphatic carbocycles. The summed E-state index contributed by atoms with van der Waals surface area (Å²) in [6.45, 7) is 0.478. The fraction of sp³-hybridized carbons (Fsp3) is 0.235. The Morgan fingerprint density at radius 3 is 2.43 bits per heavy atom. The van der Waals surface area contributed by atoms with E-state index in [-0.39, 0.29) is 18.1 Å². The molecule has 0 unspecified atom stereocenters. The molecule has 4 heteroatoms. The molecule has 0 aromatic heterocycles. The Bertz CT molecular complexity index is 569. The number of carbonyl (C=O) groups is 1. The number of amides is 1. The Hall–Kier alpha value is -2.20. The van der Waals surface area contributed by atoms with Gasteiger partial charge in [-0.2, -0.15) is 0 Å². The standard InChI is InChI=1S/C17H18FNO2/c18-15-8-6-14(7-9-15)16(20)10-11-17(21)19-12-13-4-2-1-3-5-13/h1-9,16,20H,10-12H2,(H,19,21)/t16-/m0/s1. The topological polar surface area (TPSA) is 49.3 Å². The second-order valence-electron chi connectivity index (χ2n) is 4.87. The van der Waals surface area contributed by atoms with Crippen LogP contribution in [0.15, 0.2) is 54.6 Å². The molecule has 0 fully saturated rings. The van der Waals surface area contributed by atoms with E-state index in [0.29, 0.717) is 18.5 Å². The summed E-state index contributed by atoms with van der Waals surface area (Å²) in [5.74, 6) is -0.452. The second-order valence-corrected chi connectivity index (χ2v) is 4.87. The molecule has 0 heterocycles. The zero-order valence-corrected chi connectivity index (χ0v) is 11.6. The highest BCUT2D eigenvalue weighted by molar-refractivity contribution is 5.75. The molecule has 0 aliphatic rings. The third-order valence-corrected chi connectivity index (χ3v) is 3.23. The van der Waals surface area contributed by atoms with Crippen molar-refractivity contribution in [3.8, 4) is 0 Å². The number of benzene rings is 2. The summed E-state index contributed by atoms with van der Waals surface area (Å²) < 4.78 is 12.8. The third-order valence-electron chi connectivity index (χ3n) is 3.23. The Morgan fingerprint density at radius 2 is 1.76 bits per heavy atom. The van der Waals surface area contributed by atoms with Gasteiger partial charge in [-0.25, -0.2) is 4.39 Å². The normalized spacial score (nSPS) is 11.9. The number of aliphatic hydroxyl groups is 1. The minimum Gasteiger partial charge on any atom is -0.388 e. The van der Waals surface area contributed by atoms with Crippen molar-refractivity contribution in [1.82, 2.24) is 5.32 Å². The van der Waals surface area contributed by atoms with Gasteiger partial charge in [0.05, 0.1) is 6.10 Å². The third kappa shape index (κ3) is 5.00. The van der Waals surface area contributed by atoms with E-state index in [2.05, 4.69) is 5.32 Å².